The molecule has 1 aromatic heterocycles. The number of alkyl halides is 3. The van der Waals surface area contributed by atoms with Gasteiger partial charge in [0, 0.05) is 18.9 Å². The average molecular weight is 302 g/mol. The van der Waals surface area contributed by atoms with Gasteiger partial charge in [0.1, 0.15) is 5.82 Å². The summed E-state index contributed by atoms with van der Waals surface area (Å²) < 4.78 is 51.7. The van der Waals surface area contributed by atoms with Crippen molar-refractivity contribution in [1.29, 1.82) is 0 Å². The number of urea groups is 1. The third-order valence-electron chi connectivity index (χ3n) is 2.45. The van der Waals surface area contributed by atoms with E-state index >= 15 is 0 Å². The number of nitrogens with zero attached hydrogens (tertiary/aromatic N) is 2. The molecule has 0 aliphatic rings. The van der Waals surface area contributed by atoms with E-state index in [4.69, 9.17) is 0 Å². The van der Waals surface area contributed by atoms with E-state index in [0.717, 1.165) is 23.0 Å². The van der Waals surface area contributed by atoms with E-state index in [9.17, 15) is 22.4 Å². The number of nitrogens with one attached hydrogen (secondary N) is 2. The Morgan fingerprint density at radius 1 is 1.19 bits per heavy atom. The van der Waals surface area contributed by atoms with Gasteiger partial charge in [-0.05, 0) is 24.3 Å². The lowest BCUT2D eigenvalue weighted by atomic mass is 10.3. The summed E-state index contributed by atoms with van der Waals surface area (Å²) in [7, 11) is 1.30. The predicted octanol–water partition coefficient (Wildman–Crippen LogP) is 3.22. The number of carbonyl (C=O) groups excluding carboxylic acids is 1. The second-order valence-corrected chi connectivity index (χ2v) is 4.15. The molecule has 9 heteroatoms. The summed E-state index contributed by atoms with van der Waals surface area (Å²) in [5.74, 6) is -0.493. The van der Waals surface area contributed by atoms with Crippen LogP contribution in [0.15, 0.2) is 30.5 Å². The van der Waals surface area contributed by atoms with E-state index in [1.165, 1.54) is 19.2 Å². The summed E-state index contributed by atoms with van der Waals surface area (Å²) in [4.78, 5) is 11.6. The van der Waals surface area contributed by atoms with Crippen molar-refractivity contribution in [2.75, 3.05) is 10.6 Å². The van der Waals surface area contributed by atoms with Gasteiger partial charge in [-0.2, -0.15) is 18.3 Å². The van der Waals surface area contributed by atoms with Crippen LogP contribution in [-0.2, 0) is 13.2 Å². The zero-order chi connectivity index (χ0) is 15.6. The Kier molecular flexibility index (Phi) is 3.83. The lowest BCUT2D eigenvalue weighted by Gasteiger charge is -2.09. The molecule has 0 saturated carbocycles. The zero-order valence-electron chi connectivity index (χ0n) is 10.7. The standard InChI is InChI=1S/C12H10F4N4O/c1-20-6-9(10(19-20)12(14,15)16)18-11(21)17-8-4-2-7(13)3-5-8/h2-6H,1H3,(H2,17,18,21). The van der Waals surface area contributed by atoms with Gasteiger partial charge >= 0.3 is 12.2 Å². The second kappa shape index (κ2) is 5.43. The summed E-state index contributed by atoms with van der Waals surface area (Å²) in [6.07, 6.45) is -3.65. The molecule has 2 rings (SSSR count). The molecule has 2 aromatic rings. The van der Waals surface area contributed by atoms with Gasteiger partial charge in [0.15, 0.2) is 5.69 Å². The smallest absolute Gasteiger partial charge is 0.308 e. The number of amides is 2. The summed E-state index contributed by atoms with van der Waals surface area (Å²) in [5, 5.41) is 7.59. The van der Waals surface area contributed by atoms with Crippen LogP contribution in [0.5, 0.6) is 0 Å². The highest BCUT2D eigenvalue weighted by molar-refractivity contribution is 6.00. The molecule has 0 aliphatic heterocycles. The molecule has 1 heterocycles. The Balaban J connectivity index is 2.11. The highest BCUT2D eigenvalue weighted by Crippen LogP contribution is 2.33. The van der Waals surface area contributed by atoms with Crippen molar-refractivity contribution in [3.63, 3.8) is 0 Å². The maximum Gasteiger partial charge on any atom is 0.437 e. The molecule has 0 radical (unpaired) electrons. The van der Waals surface area contributed by atoms with E-state index in [0.29, 0.717) is 0 Å². The summed E-state index contributed by atoms with van der Waals surface area (Å²) >= 11 is 0. The first-order valence-electron chi connectivity index (χ1n) is 5.70. The molecule has 0 fully saturated rings. The number of rotatable bonds is 2. The van der Waals surface area contributed by atoms with Gasteiger partial charge in [-0.15, -0.1) is 0 Å². The number of hydrogen-bond acceptors (Lipinski definition) is 2. The van der Waals surface area contributed by atoms with Crippen LogP contribution in [0.1, 0.15) is 5.69 Å². The Labute approximate surface area is 116 Å². The molecule has 0 atom stereocenters. The van der Waals surface area contributed by atoms with E-state index in [1.807, 2.05) is 0 Å². The fourth-order valence-corrected chi connectivity index (χ4v) is 1.61. The summed E-state index contributed by atoms with van der Waals surface area (Å²) in [6, 6.07) is 3.90. The number of benzene rings is 1. The first kappa shape index (κ1) is 14.8. The quantitative estimate of drug-likeness (QED) is 0.837. The third-order valence-corrected chi connectivity index (χ3v) is 2.45. The van der Waals surface area contributed by atoms with E-state index < -0.39 is 29.4 Å². The molecule has 0 saturated heterocycles. The van der Waals surface area contributed by atoms with Crippen molar-refractivity contribution in [2.24, 2.45) is 7.05 Å². The highest BCUT2D eigenvalue weighted by Gasteiger charge is 2.37. The van der Waals surface area contributed by atoms with Crippen LogP contribution in [0.4, 0.5) is 33.7 Å². The maximum atomic E-state index is 12.7. The molecule has 0 bridgehead atoms. The van der Waals surface area contributed by atoms with Crippen LogP contribution in [0, 0.1) is 5.82 Å². The highest BCUT2D eigenvalue weighted by atomic mass is 19.4. The first-order chi connectivity index (χ1) is 9.75. The monoisotopic (exact) mass is 302 g/mol. The average Bonchev–Trinajstić information content (AvgIpc) is 2.73. The predicted molar refractivity (Wildman–Crippen MR) is 67.3 cm³/mol. The number of halogens is 4. The molecule has 1 aromatic carbocycles. The minimum absolute atomic E-state index is 0.242. The second-order valence-electron chi connectivity index (χ2n) is 4.15. The lowest BCUT2D eigenvalue weighted by Crippen LogP contribution is -2.21. The SMILES string of the molecule is Cn1cc(NC(=O)Nc2ccc(F)cc2)c(C(F)(F)F)n1. The van der Waals surface area contributed by atoms with Crippen molar-refractivity contribution in [2.45, 2.75) is 6.18 Å². The van der Waals surface area contributed by atoms with Gasteiger partial charge in [0.05, 0.1) is 5.69 Å². The van der Waals surface area contributed by atoms with Gasteiger partial charge in [-0.3, -0.25) is 4.68 Å². The number of aryl methyl sites for hydroxylation is 1. The minimum Gasteiger partial charge on any atom is -0.308 e. The Morgan fingerprint density at radius 2 is 1.81 bits per heavy atom. The largest absolute Gasteiger partial charge is 0.437 e. The van der Waals surface area contributed by atoms with Gasteiger partial charge < -0.3 is 10.6 Å². The van der Waals surface area contributed by atoms with Crippen molar-refractivity contribution in [3.8, 4) is 0 Å². The Morgan fingerprint density at radius 3 is 2.38 bits per heavy atom. The fourth-order valence-electron chi connectivity index (χ4n) is 1.61. The van der Waals surface area contributed by atoms with Gasteiger partial charge in [0.2, 0.25) is 0 Å². The third kappa shape index (κ3) is 3.71. The van der Waals surface area contributed by atoms with Crippen molar-refractivity contribution >= 4 is 17.4 Å². The molecule has 112 valence electrons. The van der Waals surface area contributed by atoms with E-state index in [2.05, 4.69) is 15.7 Å². The minimum atomic E-state index is -4.68. The van der Waals surface area contributed by atoms with Crippen molar-refractivity contribution < 1.29 is 22.4 Å². The first-order valence-corrected chi connectivity index (χ1v) is 5.70. The molecule has 2 amide bonds. The summed E-state index contributed by atoms with van der Waals surface area (Å²) in [6.45, 7) is 0. The van der Waals surface area contributed by atoms with Gasteiger partial charge in [-0.25, -0.2) is 9.18 Å². The van der Waals surface area contributed by atoms with Gasteiger partial charge in [-0.1, -0.05) is 0 Å². The van der Waals surface area contributed by atoms with Gasteiger partial charge in [0.25, 0.3) is 0 Å². The lowest BCUT2D eigenvalue weighted by molar-refractivity contribution is -0.140. The molecule has 2 N–H and O–H groups in total. The molecule has 21 heavy (non-hydrogen) atoms. The molecule has 5 nitrogen and oxygen atoms in total. The van der Waals surface area contributed by atoms with E-state index in [1.54, 1.807) is 0 Å². The Hall–Kier alpha value is -2.58. The maximum absolute atomic E-state index is 12.7. The molecular weight excluding hydrogens is 292 g/mol. The fraction of sp³-hybridized carbons (Fsp3) is 0.167. The summed E-state index contributed by atoms with van der Waals surface area (Å²) in [5.41, 5.74) is -1.42. The van der Waals surface area contributed by atoms with Crippen LogP contribution < -0.4 is 10.6 Å². The van der Waals surface area contributed by atoms with Crippen molar-refractivity contribution in [3.05, 3.63) is 42.0 Å². The van der Waals surface area contributed by atoms with Crippen LogP contribution in [0.25, 0.3) is 0 Å². The van der Waals surface area contributed by atoms with Crippen LogP contribution in [0.3, 0.4) is 0 Å². The molecule has 0 spiro atoms. The number of hydrogen-bond donors (Lipinski definition) is 2. The topological polar surface area (TPSA) is 59.0 Å². The molecule has 0 unspecified atom stereocenters. The molecular formula is C12H10F4N4O. The number of carbonyl (C=O) groups is 1. The molecule has 0 aliphatic carbocycles. The number of aromatic nitrogens is 2. The van der Waals surface area contributed by atoms with Crippen LogP contribution >= 0.6 is 0 Å². The van der Waals surface area contributed by atoms with Crippen LogP contribution in [-0.4, -0.2) is 15.8 Å². The zero-order valence-corrected chi connectivity index (χ0v) is 10.7. The van der Waals surface area contributed by atoms with Crippen LogP contribution in [0.2, 0.25) is 0 Å². The van der Waals surface area contributed by atoms with E-state index in [-0.39, 0.29) is 5.69 Å². The number of anilines is 2. The Bertz CT molecular complexity index is 648. The van der Waals surface area contributed by atoms with Crippen molar-refractivity contribution in [1.82, 2.24) is 9.78 Å². The normalized spacial score (nSPS) is 11.3.